The number of fused-ring (bicyclic) bond motifs is 1. The van der Waals surface area contributed by atoms with Gasteiger partial charge >= 0.3 is 0 Å². The third-order valence-corrected chi connectivity index (χ3v) is 2.62. The molecule has 1 amide bonds. The number of para-hydroxylation sites is 1. The molecule has 0 aromatic heterocycles. The molecule has 0 spiro atoms. The van der Waals surface area contributed by atoms with E-state index in [2.05, 4.69) is 0 Å². The Kier molecular flexibility index (Phi) is 2.82. The van der Waals surface area contributed by atoms with E-state index in [9.17, 15) is 4.79 Å². The maximum absolute atomic E-state index is 11.9. The molecule has 0 N–H and O–H groups in total. The van der Waals surface area contributed by atoms with Crippen LogP contribution in [-0.4, -0.2) is 30.0 Å². The summed E-state index contributed by atoms with van der Waals surface area (Å²) >= 11 is 5.61. The number of carbonyl (C=O) groups is 1. The van der Waals surface area contributed by atoms with Gasteiger partial charge in [-0.1, -0.05) is 12.1 Å². The van der Waals surface area contributed by atoms with Gasteiger partial charge < -0.3 is 9.64 Å². The molecule has 2 rings (SSSR count). The van der Waals surface area contributed by atoms with E-state index in [-0.39, 0.29) is 5.91 Å². The molecule has 1 aliphatic heterocycles. The Morgan fingerprint density at radius 1 is 1.53 bits per heavy atom. The van der Waals surface area contributed by atoms with Crippen molar-refractivity contribution in [2.24, 2.45) is 0 Å². The van der Waals surface area contributed by atoms with Crippen molar-refractivity contribution in [3.8, 4) is 5.75 Å². The maximum atomic E-state index is 11.9. The molecule has 1 aromatic rings. The van der Waals surface area contributed by atoms with Gasteiger partial charge in [0, 0.05) is 12.4 Å². The van der Waals surface area contributed by atoms with Gasteiger partial charge in [0.05, 0.1) is 5.56 Å². The molecule has 0 bridgehead atoms. The van der Waals surface area contributed by atoms with Gasteiger partial charge in [-0.2, -0.15) is 0 Å². The maximum Gasteiger partial charge on any atom is 0.260 e. The number of carbonyl (C=O) groups excluding carboxylic acids is 1. The van der Waals surface area contributed by atoms with Crippen LogP contribution in [0.4, 0.5) is 0 Å². The minimum atomic E-state index is 0.000556. The number of rotatable bonds is 2. The fourth-order valence-corrected chi connectivity index (χ4v) is 1.86. The highest BCUT2D eigenvalue weighted by Crippen LogP contribution is 2.28. The number of benzene rings is 1. The number of halogens is 1. The summed E-state index contributed by atoms with van der Waals surface area (Å²) in [5.41, 5.74) is 1.62. The number of nitrogens with zero attached hydrogens (tertiary/aromatic N) is 1. The second-order valence-electron chi connectivity index (χ2n) is 3.48. The molecule has 0 atom stereocenters. The van der Waals surface area contributed by atoms with Crippen molar-refractivity contribution in [2.75, 3.05) is 19.2 Å². The van der Waals surface area contributed by atoms with E-state index < -0.39 is 0 Å². The minimum Gasteiger partial charge on any atom is -0.472 e. The van der Waals surface area contributed by atoms with Crippen LogP contribution in [0.1, 0.15) is 15.9 Å². The standard InChI is InChI=1S/C11H12ClNO2/c1-8-3-2-4-9-10(8)15-7-13(6-5-12)11(9)14/h2-4H,5-7H2,1H3. The van der Waals surface area contributed by atoms with Crippen LogP contribution in [0.5, 0.6) is 5.75 Å². The summed E-state index contributed by atoms with van der Waals surface area (Å²) in [6, 6.07) is 5.58. The van der Waals surface area contributed by atoms with Crippen LogP contribution in [0, 0.1) is 6.92 Å². The number of ether oxygens (including phenoxy) is 1. The average Bonchev–Trinajstić information content (AvgIpc) is 2.23. The predicted molar refractivity (Wildman–Crippen MR) is 58.4 cm³/mol. The monoisotopic (exact) mass is 225 g/mol. The van der Waals surface area contributed by atoms with Crippen LogP contribution in [0.15, 0.2) is 18.2 Å². The van der Waals surface area contributed by atoms with Crippen LogP contribution in [0.2, 0.25) is 0 Å². The topological polar surface area (TPSA) is 29.5 Å². The lowest BCUT2D eigenvalue weighted by atomic mass is 10.1. The van der Waals surface area contributed by atoms with Crippen LogP contribution in [-0.2, 0) is 0 Å². The Morgan fingerprint density at radius 3 is 3.07 bits per heavy atom. The molecule has 4 heteroatoms. The lowest BCUT2D eigenvalue weighted by Gasteiger charge is -2.28. The van der Waals surface area contributed by atoms with E-state index in [4.69, 9.17) is 16.3 Å². The molecule has 1 aliphatic rings. The highest BCUT2D eigenvalue weighted by atomic mass is 35.5. The second-order valence-corrected chi connectivity index (χ2v) is 3.86. The molecule has 0 unspecified atom stereocenters. The van der Waals surface area contributed by atoms with Crippen LogP contribution < -0.4 is 4.74 Å². The first-order valence-corrected chi connectivity index (χ1v) is 5.35. The van der Waals surface area contributed by atoms with Gasteiger partial charge in [0.1, 0.15) is 5.75 Å². The van der Waals surface area contributed by atoms with E-state index >= 15 is 0 Å². The largest absolute Gasteiger partial charge is 0.472 e. The van der Waals surface area contributed by atoms with Crippen molar-refractivity contribution in [3.05, 3.63) is 29.3 Å². The number of aryl methyl sites for hydroxylation is 1. The normalized spacial score (nSPS) is 14.8. The van der Waals surface area contributed by atoms with Gasteiger partial charge in [-0.25, -0.2) is 0 Å². The molecule has 3 nitrogen and oxygen atoms in total. The molecule has 1 aromatic carbocycles. The Bertz CT molecular complexity index is 392. The van der Waals surface area contributed by atoms with Gasteiger partial charge in [0.25, 0.3) is 5.91 Å². The van der Waals surface area contributed by atoms with Crippen molar-refractivity contribution in [1.29, 1.82) is 0 Å². The van der Waals surface area contributed by atoms with E-state index in [0.29, 0.717) is 30.5 Å². The van der Waals surface area contributed by atoms with Crippen LogP contribution in [0.3, 0.4) is 0 Å². The molecular weight excluding hydrogens is 214 g/mol. The summed E-state index contributed by atoms with van der Waals surface area (Å²) in [6.07, 6.45) is 0. The van der Waals surface area contributed by atoms with Crippen molar-refractivity contribution in [3.63, 3.8) is 0 Å². The Balaban J connectivity index is 2.34. The molecule has 0 saturated carbocycles. The van der Waals surface area contributed by atoms with Crippen molar-refractivity contribution in [2.45, 2.75) is 6.92 Å². The van der Waals surface area contributed by atoms with Crippen molar-refractivity contribution in [1.82, 2.24) is 4.90 Å². The first-order valence-electron chi connectivity index (χ1n) is 4.81. The average molecular weight is 226 g/mol. The summed E-state index contributed by atoms with van der Waals surface area (Å²) in [6.45, 7) is 2.75. The van der Waals surface area contributed by atoms with Gasteiger partial charge in [-0.15, -0.1) is 11.6 Å². The number of hydrogen-bond donors (Lipinski definition) is 0. The van der Waals surface area contributed by atoms with Gasteiger partial charge in [0.2, 0.25) is 0 Å². The quantitative estimate of drug-likeness (QED) is 0.721. The molecular formula is C11H12ClNO2. The molecule has 0 radical (unpaired) electrons. The van der Waals surface area contributed by atoms with E-state index in [1.54, 1.807) is 11.0 Å². The summed E-state index contributed by atoms with van der Waals surface area (Å²) in [4.78, 5) is 13.6. The number of amides is 1. The zero-order valence-corrected chi connectivity index (χ0v) is 9.25. The highest BCUT2D eigenvalue weighted by Gasteiger charge is 2.25. The highest BCUT2D eigenvalue weighted by molar-refractivity contribution is 6.18. The van der Waals surface area contributed by atoms with E-state index in [1.165, 1.54) is 0 Å². The predicted octanol–water partition coefficient (Wildman–Crippen LogP) is 2.03. The third kappa shape index (κ3) is 1.79. The zero-order chi connectivity index (χ0) is 10.8. The minimum absolute atomic E-state index is 0.000556. The first-order chi connectivity index (χ1) is 7.24. The molecule has 0 saturated heterocycles. The smallest absolute Gasteiger partial charge is 0.260 e. The molecule has 1 heterocycles. The third-order valence-electron chi connectivity index (χ3n) is 2.45. The fourth-order valence-electron chi connectivity index (χ4n) is 1.65. The lowest BCUT2D eigenvalue weighted by molar-refractivity contribution is 0.0538. The molecule has 80 valence electrons. The SMILES string of the molecule is Cc1cccc2c1OCN(CCCl)C2=O. The summed E-state index contributed by atoms with van der Waals surface area (Å²) in [5.74, 6) is 1.13. The van der Waals surface area contributed by atoms with Crippen molar-refractivity contribution >= 4 is 17.5 Å². The van der Waals surface area contributed by atoms with E-state index in [0.717, 1.165) is 5.56 Å². The van der Waals surface area contributed by atoms with Crippen LogP contribution in [0.25, 0.3) is 0 Å². The van der Waals surface area contributed by atoms with Crippen LogP contribution >= 0.6 is 11.6 Å². The summed E-state index contributed by atoms with van der Waals surface area (Å²) in [7, 11) is 0. The Morgan fingerprint density at radius 2 is 2.33 bits per heavy atom. The number of alkyl halides is 1. The van der Waals surface area contributed by atoms with Crippen molar-refractivity contribution < 1.29 is 9.53 Å². The zero-order valence-electron chi connectivity index (χ0n) is 8.50. The fraction of sp³-hybridized carbons (Fsp3) is 0.364. The second kappa shape index (κ2) is 4.11. The Labute approximate surface area is 93.6 Å². The lowest BCUT2D eigenvalue weighted by Crippen LogP contribution is -2.39. The Hall–Kier alpha value is -1.22. The van der Waals surface area contributed by atoms with Gasteiger partial charge in [-0.05, 0) is 18.6 Å². The van der Waals surface area contributed by atoms with Gasteiger partial charge in [-0.3, -0.25) is 4.79 Å². The van der Waals surface area contributed by atoms with E-state index in [1.807, 2.05) is 19.1 Å². The molecule has 0 fully saturated rings. The molecule has 0 aliphatic carbocycles. The first kappa shape index (κ1) is 10.3. The summed E-state index contributed by atoms with van der Waals surface area (Å²) in [5, 5.41) is 0. The summed E-state index contributed by atoms with van der Waals surface area (Å²) < 4.78 is 5.54. The molecule has 15 heavy (non-hydrogen) atoms. The van der Waals surface area contributed by atoms with Gasteiger partial charge in [0.15, 0.2) is 6.73 Å². The number of hydrogen-bond acceptors (Lipinski definition) is 2.